The lowest BCUT2D eigenvalue weighted by Gasteiger charge is -2.21. The Morgan fingerprint density at radius 3 is 2.25 bits per heavy atom. The molecule has 0 atom stereocenters. The van der Waals surface area contributed by atoms with Gasteiger partial charge in [0.25, 0.3) is 5.91 Å². The lowest BCUT2D eigenvalue weighted by atomic mass is 9.90. The van der Waals surface area contributed by atoms with Crippen molar-refractivity contribution in [2.75, 3.05) is 13.2 Å². The summed E-state index contributed by atoms with van der Waals surface area (Å²) >= 11 is 0. The maximum absolute atomic E-state index is 12.4. The molecule has 6 heteroatoms. The van der Waals surface area contributed by atoms with Gasteiger partial charge in [-0.3, -0.25) is 10.2 Å². The van der Waals surface area contributed by atoms with E-state index in [2.05, 4.69) is 5.32 Å². The third-order valence-corrected chi connectivity index (χ3v) is 6.92. The van der Waals surface area contributed by atoms with Crippen LogP contribution in [0.3, 0.4) is 0 Å². The number of amides is 1. The van der Waals surface area contributed by atoms with Crippen LogP contribution in [-0.2, 0) is 11.2 Å². The van der Waals surface area contributed by atoms with Crippen molar-refractivity contribution in [2.24, 2.45) is 11.7 Å². The number of unbranched alkanes of at least 4 members (excludes halogenated alkanes) is 5. The van der Waals surface area contributed by atoms with Crippen molar-refractivity contribution < 1.29 is 9.53 Å². The highest BCUT2D eigenvalue weighted by Crippen LogP contribution is 2.35. The van der Waals surface area contributed by atoms with E-state index in [1.165, 1.54) is 76.2 Å². The number of aryl methyl sites for hydroxylation is 1. The van der Waals surface area contributed by atoms with Gasteiger partial charge < -0.3 is 15.8 Å². The summed E-state index contributed by atoms with van der Waals surface area (Å²) in [7, 11) is 0. The van der Waals surface area contributed by atoms with Crippen LogP contribution in [0.1, 0.15) is 99.4 Å². The van der Waals surface area contributed by atoms with Crippen molar-refractivity contribution in [2.45, 2.75) is 95.4 Å². The molecule has 0 unspecified atom stereocenters. The number of halogens is 1. The second kappa shape index (κ2) is 13.8. The third kappa shape index (κ3) is 8.74. The number of ether oxygens (including phenoxy) is 1. The summed E-state index contributed by atoms with van der Waals surface area (Å²) < 4.78 is 5.88. The van der Waals surface area contributed by atoms with Crippen LogP contribution < -0.4 is 11.1 Å². The molecule has 2 fully saturated rings. The monoisotopic (exact) mass is 463 g/mol. The number of nitrogens with two attached hydrogens (primary N) is 1. The maximum Gasteiger partial charge on any atom is 0.252 e. The molecule has 32 heavy (non-hydrogen) atoms. The molecule has 1 amide bonds. The molecule has 2 saturated carbocycles. The number of hydrogen-bond acceptors (Lipinski definition) is 3. The van der Waals surface area contributed by atoms with Gasteiger partial charge in [-0.15, -0.1) is 12.4 Å². The topological polar surface area (TPSA) is 88.2 Å². The van der Waals surface area contributed by atoms with Crippen molar-refractivity contribution in [3.8, 4) is 0 Å². The molecule has 0 saturated heterocycles. The zero-order valence-electron chi connectivity index (χ0n) is 19.5. The standard InChI is InChI=1S/C26H41N3O2.ClH/c27-25(28)26(17-18-26)29-24(30)23-15-13-21(14-16-23)10-6-3-1-2-4-9-19-31-20-22-11-7-5-8-12-22;/h13-16,22H,1-12,17-20H2,(H3,27,28)(H,29,30);1H. The number of rotatable bonds is 14. The van der Waals surface area contributed by atoms with E-state index in [0.717, 1.165) is 38.4 Å². The first kappa shape index (κ1) is 26.7. The van der Waals surface area contributed by atoms with E-state index in [0.29, 0.717) is 5.56 Å². The molecule has 0 heterocycles. The zero-order valence-corrected chi connectivity index (χ0v) is 20.3. The molecule has 1 aromatic carbocycles. The van der Waals surface area contributed by atoms with Crippen LogP contribution in [0.5, 0.6) is 0 Å². The van der Waals surface area contributed by atoms with E-state index < -0.39 is 5.54 Å². The van der Waals surface area contributed by atoms with Crippen molar-refractivity contribution >= 4 is 24.1 Å². The summed E-state index contributed by atoms with van der Waals surface area (Å²) in [6.07, 6.45) is 17.0. The predicted molar refractivity (Wildman–Crippen MR) is 134 cm³/mol. The highest BCUT2D eigenvalue weighted by molar-refractivity contribution is 6.01. The molecule has 4 N–H and O–H groups in total. The summed E-state index contributed by atoms with van der Waals surface area (Å²) in [5.41, 5.74) is 6.93. The number of amidine groups is 1. The third-order valence-electron chi connectivity index (χ3n) is 6.92. The molecular formula is C26H42ClN3O2. The Balaban J connectivity index is 0.00000363. The summed E-state index contributed by atoms with van der Waals surface area (Å²) in [4.78, 5) is 12.4. The number of benzene rings is 1. The van der Waals surface area contributed by atoms with E-state index in [4.69, 9.17) is 15.9 Å². The lowest BCUT2D eigenvalue weighted by Crippen LogP contribution is -2.46. The smallest absolute Gasteiger partial charge is 0.252 e. The van der Waals surface area contributed by atoms with Gasteiger partial charge in [-0.25, -0.2) is 0 Å². The first-order valence-corrected chi connectivity index (χ1v) is 12.4. The van der Waals surface area contributed by atoms with Gasteiger partial charge in [0.05, 0.1) is 5.54 Å². The fraction of sp³-hybridized carbons (Fsp3) is 0.692. The first-order chi connectivity index (χ1) is 15.1. The van der Waals surface area contributed by atoms with Crippen LogP contribution in [0, 0.1) is 11.3 Å². The minimum absolute atomic E-state index is 0. The molecule has 0 bridgehead atoms. The minimum atomic E-state index is -0.586. The molecule has 0 aliphatic heterocycles. The van der Waals surface area contributed by atoms with Gasteiger partial charge >= 0.3 is 0 Å². The van der Waals surface area contributed by atoms with Crippen molar-refractivity contribution in [1.82, 2.24) is 5.32 Å². The molecule has 180 valence electrons. The van der Waals surface area contributed by atoms with Crippen LogP contribution in [-0.4, -0.2) is 30.5 Å². The summed E-state index contributed by atoms with van der Waals surface area (Å²) in [5.74, 6) is 0.749. The number of carbonyl (C=O) groups is 1. The maximum atomic E-state index is 12.4. The molecule has 0 radical (unpaired) electrons. The van der Waals surface area contributed by atoms with Crippen LogP contribution in [0.15, 0.2) is 24.3 Å². The molecule has 1 aromatic rings. The molecule has 3 rings (SSSR count). The zero-order chi connectivity index (χ0) is 21.9. The Morgan fingerprint density at radius 1 is 1.00 bits per heavy atom. The second-order valence-electron chi connectivity index (χ2n) is 9.60. The van der Waals surface area contributed by atoms with E-state index in [1.807, 2.05) is 24.3 Å². The van der Waals surface area contributed by atoms with Gasteiger partial charge in [-0.05, 0) is 68.6 Å². The average Bonchev–Trinajstić information content (AvgIpc) is 3.57. The normalized spacial score (nSPS) is 17.4. The van der Waals surface area contributed by atoms with Gasteiger partial charge in [-0.2, -0.15) is 0 Å². The molecule has 5 nitrogen and oxygen atoms in total. The van der Waals surface area contributed by atoms with Gasteiger partial charge in [0.15, 0.2) is 0 Å². The minimum Gasteiger partial charge on any atom is -0.386 e. The molecule has 2 aliphatic rings. The van der Waals surface area contributed by atoms with Crippen LogP contribution in [0.25, 0.3) is 0 Å². The Bertz CT molecular complexity index is 698. The van der Waals surface area contributed by atoms with Crippen molar-refractivity contribution in [3.63, 3.8) is 0 Å². The van der Waals surface area contributed by atoms with E-state index >= 15 is 0 Å². The van der Waals surface area contributed by atoms with Crippen LogP contribution in [0.4, 0.5) is 0 Å². The average molecular weight is 464 g/mol. The fourth-order valence-electron chi connectivity index (χ4n) is 4.54. The van der Waals surface area contributed by atoms with Gasteiger partial charge in [0.1, 0.15) is 5.84 Å². The van der Waals surface area contributed by atoms with Gasteiger partial charge in [-0.1, -0.05) is 57.1 Å². The quantitative estimate of drug-likeness (QED) is 0.185. The lowest BCUT2D eigenvalue weighted by molar-refractivity contribution is 0.0824. The van der Waals surface area contributed by atoms with E-state index in [9.17, 15) is 4.79 Å². The number of hydrogen-bond donors (Lipinski definition) is 3. The number of nitrogens with one attached hydrogen (secondary N) is 2. The Kier molecular flexibility index (Phi) is 11.5. The Morgan fingerprint density at radius 2 is 1.62 bits per heavy atom. The highest BCUT2D eigenvalue weighted by Gasteiger charge is 2.47. The molecule has 0 aromatic heterocycles. The Labute approximate surface area is 200 Å². The second-order valence-corrected chi connectivity index (χ2v) is 9.60. The fourth-order valence-corrected chi connectivity index (χ4v) is 4.54. The first-order valence-electron chi connectivity index (χ1n) is 12.4. The molecule has 2 aliphatic carbocycles. The van der Waals surface area contributed by atoms with E-state index in [-0.39, 0.29) is 24.1 Å². The largest absolute Gasteiger partial charge is 0.386 e. The summed E-state index contributed by atoms with van der Waals surface area (Å²) in [5, 5.41) is 10.5. The van der Waals surface area contributed by atoms with Gasteiger partial charge in [0.2, 0.25) is 0 Å². The Hall–Kier alpha value is -1.59. The summed E-state index contributed by atoms with van der Waals surface area (Å²) in [6.45, 7) is 1.92. The van der Waals surface area contributed by atoms with Crippen LogP contribution >= 0.6 is 12.4 Å². The van der Waals surface area contributed by atoms with Crippen LogP contribution in [0.2, 0.25) is 0 Å². The summed E-state index contributed by atoms with van der Waals surface area (Å²) in [6, 6.07) is 7.86. The highest BCUT2D eigenvalue weighted by atomic mass is 35.5. The molecule has 0 spiro atoms. The molecular weight excluding hydrogens is 422 g/mol. The SMILES string of the molecule is Cl.N=C(N)C1(NC(=O)c2ccc(CCCCCCCCOCC3CCCCC3)cc2)CC1. The van der Waals surface area contributed by atoms with Gasteiger partial charge in [0, 0.05) is 18.8 Å². The van der Waals surface area contributed by atoms with E-state index in [1.54, 1.807) is 0 Å². The van der Waals surface area contributed by atoms with Crippen molar-refractivity contribution in [1.29, 1.82) is 5.41 Å². The van der Waals surface area contributed by atoms with Crippen molar-refractivity contribution in [3.05, 3.63) is 35.4 Å². The number of carbonyl (C=O) groups excluding carboxylic acids is 1. The predicted octanol–water partition coefficient (Wildman–Crippen LogP) is 5.79.